The molecule has 1 aromatic rings. The summed E-state index contributed by atoms with van der Waals surface area (Å²) in [7, 11) is -3.46. The molecule has 5 nitrogen and oxygen atoms in total. The lowest BCUT2D eigenvalue weighted by Crippen LogP contribution is -2.48. The first kappa shape index (κ1) is 13.9. The summed E-state index contributed by atoms with van der Waals surface area (Å²) in [4.78, 5) is 0. The Morgan fingerprint density at radius 1 is 1.25 bits per heavy atom. The van der Waals surface area contributed by atoms with Crippen LogP contribution in [0.25, 0.3) is 0 Å². The third kappa shape index (κ3) is 2.32. The van der Waals surface area contributed by atoms with Crippen LogP contribution in [0, 0.1) is 5.92 Å². The Hall–Kier alpha value is -1.11. The number of para-hydroxylation sites is 1. The Balaban J connectivity index is 1.86. The lowest BCUT2D eigenvalue weighted by Gasteiger charge is -2.34. The lowest BCUT2D eigenvalue weighted by molar-refractivity contribution is 0.165. The van der Waals surface area contributed by atoms with Gasteiger partial charge in [0.05, 0.1) is 5.69 Å². The summed E-state index contributed by atoms with van der Waals surface area (Å²) >= 11 is 0. The van der Waals surface area contributed by atoms with Crippen molar-refractivity contribution in [3.63, 3.8) is 0 Å². The monoisotopic (exact) mass is 296 g/mol. The van der Waals surface area contributed by atoms with Gasteiger partial charge in [0.2, 0.25) is 0 Å². The molecule has 1 atom stereocenters. The van der Waals surface area contributed by atoms with Crippen LogP contribution in [0.3, 0.4) is 0 Å². The van der Waals surface area contributed by atoms with Gasteiger partial charge in [-0.3, -0.25) is 4.31 Å². The number of aliphatic hydroxyl groups excluding tert-OH is 1. The number of hydrogen-bond acceptors (Lipinski definition) is 3. The predicted octanol–water partition coefficient (Wildman–Crippen LogP) is 0.998. The molecule has 0 radical (unpaired) electrons. The molecule has 1 unspecified atom stereocenters. The minimum Gasteiger partial charge on any atom is -0.396 e. The van der Waals surface area contributed by atoms with Gasteiger partial charge in [0, 0.05) is 26.2 Å². The SMILES string of the molecule is O=S(=O)(N1CCCC(CO)C1)N1CCc2ccccc21. The van der Waals surface area contributed by atoms with E-state index in [4.69, 9.17) is 0 Å². The van der Waals surface area contributed by atoms with Crippen molar-refractivity contribution >= 4 is 15.9 Å². The van der Waals surface area contributed by atoms with E-state index in [1.54, 1.807) is 0 Å². The molecular formula is C14H20N2O3S. The second-order valence-electron chi connectivity index (χ2n) is 5.51. The molecule has 110 valence electrons. The highest BCUT2D eigenvalue weighted by atomic mass is 32.2. The summed E-state index contributed by atoms with van der Waals surface area (Å²) in [5, 5.41) is 9.26. The number of hydrogen-bond donors (Lipinski definition) is 1. The van der Waals surface area contributed by atoms with Crippen molar-refractivity contribution in [2.24, 2.45) is 5.92 Å². The summed E-state index contributed by atoms with van der Waals surface area (Å²) in [5.41, 5.74) is 1.89. The smallest absolute Gasteiger partial charge is 0.304 e. The lowest BCUT2D eigenvalue weighted by atomic mass is 10.0. The van der Waals surface area contributed by atoms with Crippen LogP contribution in [-0.2, 0) is 16.6 Å². The Morgan fingerprint density at radius 3 is 2.85 bits per heavy atom. The van der Waals surface area contributed by atoms with Gasteiger partial charge >= 0.3 is 10.2 Å². The molecule has 3 rings (SSSR count). The van der Waals surface area contributed by atoms with Crippen LogP contribution >= 0.6 is 0 Å². The molecule has 0 aromatic heterocycles. The van der Waals surface area contributed by atoms with E-state index in [0.717, 1.165) is 30.5 Å². The van der Waals surface area contributed by atoms with Gasteiger partial charge < -0.3 is 5.11 Å². The fourth-order valence-electron chi connectivity index (χ4n) is 3.07. The van der Waals surface area contributed by atoms with Gasteiger partial charge in [-0.2, -0.15) is 12.7 Å². The van der Waals surface area contributed by atoms with E-state index >= 15 is 0 Å². The van der Waals surface area contributed by atoms with Gasteiger partial charge in [-0.15, -0.1) is 0 Å². The van der Waals surface area contributed by atoms with E-state index in [1.165, 1.54) is 8.61 Å². The number of anilines is 1. The Labute approximate surface area is 120 Å². The van der Waals surface area contributed by atoms with Crippen LogP contribution in [0.1, 0.15) is 18.4 Å². The standard InChI is InChI=1S/C14H20N2O3S/c17-11-12-4-3-8-15(10-12)20(18,19)16-9-7-13-5-1-2-6-14(13)16/h1-2,5-6,12,17H,3-4,7-11H2. The predicted molar refractivity (Wildman–Crippen MR) is 77.8 cm³/mol. The quantitative estimate of drug-likeness (QED) is 0.905. The fourth-order valence-corrected chi connectivity index (χ4v) is 4.86. The van der Waals surface area contributed by atoms with Crippen LogP contribution < -0.4 is 4.31 Å². The molecule has 2 aliphatic heterocycles. The van der Waals surface area contributed by atoms with Crippen LogP contribution in [0.5, 0.6) is 0 Å². The van der Waals surface area contributed by atoms with Gasteiger partial charge in [-0.05, 0) is 36.8 Å². The van der Waals surface area contributed by atoms with E-state index in [1.807, 2.05) is 24.3 Å². The maximum Gasteiger partial charge on any atom is 0.304 e. The summed E-state index contributed by atoms with van der Waals surface area (Å²) in [5.74, 6) is 0.0661. The van der Waals surface area contributed by atoms with E-state index in [-0.39, 0.29) is 12.5 Å². The summed E-state index contributed by atoms with van der Waals surface area (Å²) in [6, 6.07) is 7.67. The van der Waals surface area contributed by atoms with E-state index < -0.39 is 10.2 Å². The van der Waals surface area contributed by atoms with Crippen LogP contribution in [-0.4, -0.2) is 44.1 Å². The zero-order chi connectivity index (χ0) is 14.2. The average molecular weight is 296 g/mol. The molecule has 0 saturated carbocycles. The van der Waals surface area contributed by atoms with Crippen LogP contribution in [0.15, 0.2) is 24.3 Å². The normalized spacial score (nSPS) is 23.9. The van der Waals surface area contributed by atoms with Gasteiger partial charge in [0.1, 0.15) is 0 Å². The molecule has 0 bridgehead atoms. The first-order valence-corrected chi connectivity index (χ1v) is 8.49. The summed E-state index contributed by atoms with van der Waals surface area (Å²) < 4.78 is 28.6. The topological polar surface area (TPSA) is 60.9 Å². The maximum atomic E-state index is 12.8. The Bertz CT molecular complexity index is 588. The largest absolute Gasteiger partial charge is 0.396 e. The molecule has 1 saturated heterocycles. The molecule has 0 spiro atoms. The van der Waals surface area contributed by atoms with Crippen molar-refractivity contribution in [1.29, 1.82) is 0 Å². The zero-order valence-electron chi connectivity index (χ0n) is 11.4. The number of piperidine rings is 1. The van der Waals surface area contributed by atoms with Gasteiger partial charge in [0.15, 0.2) is 0 Å². The minimum absolute atomic E-state index is 0.0581. The van der Waals surface area contributed by atoms with Crippen molar-refractivity contribution in [2.75, 3.05) is 30.5 Å². The second-order valence-corrected chi connectivity index (χ2v) is 7.36. The van der Waals surface area contributed by atoms with Crippen LogP contribution in [0.4, 0.5) is 5.69 Å². The number of benzene rings is 1. The molecule has 0 amide bonds. The van der Waals surface area contributed by atoms with E-state index in [2.05, 4.69) is 0 Å². The first-order chi connectivity index (χ1) is 9.63. The summed E-state index contributed by atoms with van der Waals surface area (Å²) in [6.07, 6.45) is 2.49. The van der Waals surface area contributed by atoms with Crippen molar-refractivity contribution in [1.82, 2.24) is 4.31 Å². The molecule has 1 aromatic carbocycles. The average Bonchev–Trinajstić information content (AvgIpc) is 2.92. The molecule has 0 aliphatic carbocycles. The zero-order valence-corrected chi connectivity index (χ0v) is 12.2. The fraction of sp³-hybridized carbons (Fsp3) is 0.571. The molecule has 1 fully saturated rings. The number of nitrogens with zero attached hydrogens (tertiary/aromatic N) is 2. The molecule has 20 heavy (non-hydrogen) atoms. The van der Waals surface area contributed by atoms with Crippen molar-refractivity contribution in [2.45, 2.75) is 19.3 Å². The second kappa shape index (κ2) is 5.35. The third-order valence-electron chi connectivity index (χ3n) is 4.19. The number of fused-ring (bicyclic) bond motifs is 1. The molecule has 2 aliphatic rings. The highest BCUT2D eigenvalue weighted by Gasteiger charge is 2.36. The Kier molecular flexibility index (Phi) is 3.70. The van der Waals surface area contributed by atoms with Gasteiger partial charge in [-0.25, -0.2) is 0 Å². The first-order valence-electron chi connectivity index (χ1n) is 7.09. The third-order valence-corrected chi connectivity index (χ3v) is 6.11. The molecule has 2 heterocycles. The Morgan fingerprint density at radius 2 is 2.05 bits per heavy atom. The van der Waals surface area contributed by atoms with Crippen molar-refractivity contribution in [3.05, 3.63) is 29.8 Å². The van der Waals surface area contributed by atoms with Gasteiger partial charge in [-0.1, -0.05) is 18.2 Å². The highest BCUT2D eigenvalue weighted by molar-refractivity contribution is 7.90. The molecule has 6 heteroatoms. The summed E-state index contributed by atoms with van der Waals surface area (Å²) in [6.45, 7) is 1.56. The minimum atomic E-state index is -3.46. The number of rotatable bonds is 3. The van der Waals surface area contributed by atoms with Crippen molar-refractivity contribution < 1.29 is 13.5 Å². The molecular weight excluding hydrogens is 276 g/mol. The highest BCUT2D eigenvalue weighted by Crippen LogP contribution is 2.32. The maximum absolute atomic E-state index is 12.8. The number of aliphatic hydroxyl groups is 1. The van der Waals surface area contributed by atoms with E-state index in [0.29, 0.717) is 19.6 Å². The molecule has 1 N–H and O–H groups in total. The van der Waals surface area contributed by atoms with Gasteiger partial charge in [0.25, 0.3) is 0 Å². The van der Waals surface area contributed by atoms with E-state index in [9.17, 15) is 13.5 Å². The van der Waals surface area contributed by atoms with Crippen molar-refractivity contribution in [3.8, 4) is 0 Å². The van der Waals surface area contributed by atoms with Crippen LogP contribution in [0.2, 0.25) is 0 Å².